The second-order valence-electron chi connectivity index (χ2n) is 7.80. The molecule has 3 rings (SSSR count). The molecule has 1 aliphatic heterocycles. The van der Waals surface area contributed by atoms with Crippen LogP contribution in [0.25, 0.3) is 0 Å². The van der Waals surface area contributed by atoms with Crippen LogP contribution in [0, 0.1) is 17.2 Å². The van der Waals surface area contributed by atoms with E-state index in [-0.39, 0.29) is 12.5 Å². The summed E-state index contributed by atoms with van der Waals surface area (Å²) in [7, 11) is 1.31. The lowest BCUT2D eigenvalue weighted by Gasteiger charge is -2.35. The highest BCUT2D eigenvalue weighted by Gasteiger charge is 2.37. The van der Waals surface area contributed by atoms with Crippen LogP contribution in [0.1, 0.15) is 42.1 Å². The van der Waals surface area contributed by atoms with E-state index >= 15 is 0 Å². The number of carbonyl (C=O) groups is 2. The van der Waals surface area contributed by atoms with Gasteiger partial charge in [-0.15, -0.1) is 0 Å². The van der Waals surface area contributed by atoms with Crippen LogP contribution in [0.5, 0.6) is 5.75 Å². The Morgan fingerprint density at radius 3 is 2.74 bits per heavy atom. The van der Waals surface area contributed by atoms with Crippen molar-refractivity contribution < 1.29 is 23.8 Å². The maximum absolute atomic E-state index is 12.6. The Hall–Kier alpha value is -3.53. The maximum atomic E-state index is 12.6. The first-order valence-corrected chi connectivity index (χ1v) is 10.2. The normalized spacial score (nSPS) is 15.1. The first-order chi connectivity index (χ1) is 14.9. The predicted octanol–water partition coefficient (Wildman–Crippen LogP) is 4.00. The summed E-state index contributed by atoms with van der Waals surface area (Å²) in [5.41, 5.74) is 3.10. The number of benzene rings is 2. The number of amides is 1. The van der Waals surface area contributed by atoms with E-state index in [0.29, 0.717) is 36.4 Å². The monoisotopic (exact) mass is 422 g/mol. The van der Waals surface area contributed by atoms with Gasteiger partial charge >= 0.3 is 12.1 Å². The summed E-state index contributed by atoms with van der Waals surface area (Å²) >= 11 is 0. The minimum absolute atomic E-state index is 0.200. The van der Waals surface area contributed by atoms with E-state index in [4.69, 9.17) is 19.5 Å². The second-order valence-corrected chi connectivity index (χ2v) is 7.80. The van der Waals surface area contributed by atoms with Crippen molar-refractivity contribution in [3.8, 4) is 11.8 Å². The van der Waals surface area contributed by atoms with Crippen LogP contribution in [0.4, 0.5) is 4.79 Å². The molecule has 1 heterocycles. The van der Waals surface area contributed by atoms with E-state index in [9.17, 15) is 9.59 Å². The highest BCUT2D eigenvalue weighted by atomic mass is 16.6. The van der Waals surface area contributed by atoms with Crippen molar-refractivity contribution in [3.05, 3.63) is 64.7 Å². The van der Waals surface area contributed by atoms with Crippen molar-refractivity contribution in [2.24, 2.45) is 5.92 Å². The van der Waals surface area contributed by atoms with Crippen LogP contribution in [-0.2, 0) is 27.3 Å². The molecule has 0 radical (unpaired) electrons. The summed E-state index contributed by atoms with van der Waals surface area (Å²) in [6, 6.07) is 13.9. The Balaban J connectivity index is 1.78. The van der Waals surface area contributed by atoms with Crippen LogP contribution < -0.4 is 4.74 Å². The standard InChI is InChI=1S/C24H26N2O5/c1-16(2)14-31-24(28)26-10-9-19-12-20(7-8-21(19)22(26)23(27)29-3)30-15-18-6-4-5-17(11-18)13-25/h4-8,11-12,16,22H,9-10,14-15H2,1-3H3. The molecule has 1 amide bonds. The van der Waals surface area contributed by atoms with E-state index < -0.39 is 18.1 Å². The number of fused-ring (bicyclic) bond motifs is 1. The van der Waals surface area contributed by atoms with Gasteiger partial charge in [0.1, 0.15) is 12.4 Å². The third-order valence-corrected chi connectivity index (χ3v) is 5.00. The summed E-state index contributed by atoms with van der Waals surface area (Å²) in [4.78, 5) is 26.5. The molecule has 2 aromatic carbocycles. The molecule has 7 nitrogen and oxygen atoms in total. The molecule has 0 saturated carbocycles. The fourth-order valence-corrected chi connectivity index (χ4v) is 3.47. The molecule has 31 heavy (non-hydrogen) atoms. The van der Waals surface area contributed by atoms with Gasteiger partial charge in [-0.05, 0) is 53.3 Å². The molecule has 0 aromatic heterocycles. The summed E-state index contributed by atoms with van der Waals surface area (Å²) in [5.74, 6) is 0.344. The summed E-state index contributed by atoms with van der Waals surface area (Å²) < 4.78 is 16.2. The van der Waals surface area contributed by atoms with E-state index in [1.807, 2.05) is 32.0 Å². The number of carbonyl (C=O) groups excluding carboxylic acids is 2. The number of hydrogen-bond acceptors (Lipinski definition) is 6. The van der Waals surface area contributed by atoms with Crippen LogP contribution in [0.3, 0.4) is 0 Å². The van der Waals surface area contributed by atoms with Crippen molar-refractivity contribution in [3.63, 3.8) is 0 Å². The molecule has 0 fully saturated rings. The lowest BCUT2D eigenvalue weighted by Crippen LogP contribution is -2.44. The Kier molecular flexibility index (Phi) is 7.14. The van der Waals surface area contributed by atoms with Crippen LogP contribution in [0.15, 0.2) is 42.5 Å². The van der Waals surface area contributed by atoms with Crippen LogP contribution in [0.2, 0.25) is 0 Å². The first-order valence-electron chi connectivity index (χ1n) is 10.2. The summed E-state index contributed by atoms with van der Waals surface area (Å²) in [6.07, 6.45) is 0.0493. The zero-order chi connectivity index (χ0) is 22.4. The number of hydrogen-bond donors (Lipinski definition) is 0. The number of methoxy groups -OCH3 is 1. The van der Waals surface area contributed by atoms with E-state index in [0.717, 1.165) is 11.1 Å². The average molecular weight is 422 g/mol. The Bertz CT molecular complexity index is 996. The molecule has 0 N–H and O–H groups in total. The van der Waals surface area contributed by atoms with Gasteiger partial charge < -0.3 is 14.2 Å². The molecule has 0 bridgehead atoms. The van der Waals surface area contributed by atoms with Crippen LogP contribution in [-0.4, -0.2) is 37.2 Å². The van der Waals surface area contributed by atoms with Gasteiger partial charge in [-0.2, -0.15) is 5.26 Å². The number of ether oxygens (including phenoxy) is 3. The molecule has 7 heteroatoms. The third-order valence-electron chi connectivity index (χ3n) is 5.00. The number of esters is 1. The molecule has 1 atom stereocenters. The lowest BCUT2D eigenvalue weighted by atomic mass is 9.92. The van der Waals surface area contributed by atoms with Gasteiger partial charge in [0.25, 0.3) is 0 Å². The summed E-state index contributed by atoms with van der Waals surface area (Å²) in [5, 5.41) is 9.03. The molecular formula is C24H26N2O5. The topological polar surface area (TPSA) is 88.9 Å². The fraction of sp³-hybridized carbons (Fsp3) is 0.375. The minimum Gasteiger partial charge on any atom is -0.489 e. The molecule has 0 aliphatic carbocycles. The minimum atomic E-state index is -0.852. The zero-order valence-corrected chi connectivity index (χ0v) is 18.0. The van der Waals surface area contributed by atoms with Crippen molar-refractivity contribution in [2.75, 3.05) is 20.3 Å². The SMILES string of the molecule is COC(=O)C1c2ccc(OCc3cccc(C#N)c3)cc2CCN1C(=O)OCC(C)C. The van der Waals surface area contributed by atoms with E-state index in [1.54, 1.807) is 24.3 Å². The van der Waals surface area contributed by atoms with Gasteiger partial charge in [-0.1, -0.05) is 32.0 Å². The molecule has 2 aromatic rings. The Labute approximate surface area is 182 Å². The van der Waals surface area contributed by atoms with Crippen molar-refractivity contribution in [2.45, 2.75) is 32.9 Å². The van der Waals surface area contributed by atoms with Crippen molar-refractivity contribution >= 4 is 12.1 Å². The van der Waals surface area contributed by atoms with Gasteiger partial charge in [0, 0.05) is 6.54 Å². The number of nitriles is 1. The van der Waals surface area contributed by atoms with Gasteiger partial charge in [0.05, 0.1) is 25.3 Å². The lowest BCUT2D eigenvalue weighted by molar-refractivity contribution is -0.147. The predicted molar refractivity (Wildman–Crippen MR) is 113 cm³/mol. The second kappa shape index (κ2) is 9.98. The van der Waals surface area contributed by atoms with Gasteiger partial charge in [-0.3, -0.25) is 4.90 Å². The smallest absolute Gasteiger partial charge is 0.410 e. The number of nitrogens with zero attached hydrogens (tertiary/aromatic N) is 2. The zero-order valence-electron chi connectivity index (χ0n) is 18.0. The summed E-state index contributed by atoms with van der Waals surface area (Å²) in [6.45, 7) is 4.86. The molecule has 0 spiro atoms. The Morgan fingerprint density at radius 2 is 2.03 bits per heavy atom. The van der Waals surface area contributed by atoms with Gasteiger partial charge in [0.2, 0.25) is 0 Å². The van der Waals surface area contributed by atoms with Crippen molar-refractivity contribution in [1.82, 2.24) is 4.90 Å². The molecule has 0 saturated heterocycles. The third kappa shape index (κ3) is 5.34. The van der Waals surface area contributed by atoms with E-state index in [2.05, 4.69) is 6.07 Å². The highest BCUT2D eigenvalue weighted by molar-refractivity contribution is 5.84. The number of rotatable bonds is 6. The van der Waals surface area contributed by atoms with Gasteiger partial charge in [0.15, 0.2) is 6.04 Å². The maximum Gasteiger partial charge on any atom is 0.410 e. The fourth-order valence-electron chi connectivity index (χ4n) is 3.47. The quantitative estimate of drug-likeness (QED) is 0.654. The Morgan fingerprint density at radius 1 is 1.23 bits per heavy atom. The molecular weight excluding hydrogens is 396 g/mol. The van der Waals surface area contributed by atoms with E-state index in [1.165, 1.54) is 12.0 Å². The van der Waals surface area contributed by atoms with Crippen LogP contribution >= 0.6 is 0 Å². The molecule has 1 unspecified atom stereocenters. The highest BCUT2D eigenvalue weighted by Crippen LogP contribution is 2.33. The molecule has 1 aliphatic rings. The molecule has 162 valence electrons. The average Bonchev–Trinajstić information content (AvgIpc) is 2.79. The largest absolute Gasteiger partial charge is 0.489 e. The van der Waals surface area contributed by atoms with Crippen molar-refractivity contribution in [1.29, 1.82) is 5.26 Å². The van der Waals surface area contributed by atoms with Gasteiger partial charge in [-0.25, -0.2) is 9.59 Å². The first kappa shape index (κ1) is 22.2.